The van der Waals surface area contributed by atoms with Crippen LogP contribution in [0.3, 0.4) is 0 Å². The van der Waals surface area contributed by atoms with E-state index in [1.54, 1.807) is 0 Å². The van der Waals surface area contributed by atoms with Crippen molar-refractivity contribution >= 4 is 11.9 Å². The van der Waals surface area contributed by atoms with E-state index >= 15 is 0 Å². The van der Waals surface area contributed by atoms with Gasteiger partial charge >= 0.3 is 5.97 Å². The van der Waals surface area contributed by atoms with E-state index in [1.165, 1.54) is 4.90 Å². The van der Waals surface area contributed by atoms with Crippen LogP contribution in [0.4, 0.5) is 0 Å². The van der Waals surface area contributed by atoms with Crippen molar-refractivity contribution in [2.45, 2.75) is 50.8 Å². The number of carbonyl (C=O) groups excluding carboxylic acids is 1. The minimum Gasteiger partial charge on any atom is -0.480 e. The number of hydrogen-bond acceptors (Lipinski definition) is 3. The Morgan fingerprint density at radius 1 is 1.18 bits per heavy atom. The van der Waals surface area contributed by atoms with E-state index in [-0.39, 0.29) is 18.6 Å². The number of aliphatic carboxylic acids is 1. The van der Waals surface area contributed by atoms with Crippen LogP contribution in [0.15, 0.2) is 24.3 Å². The summed E-state index contributed by atoms with van der Waals surface area (Å²) in [5, 5.41) is 9.43. The molecule has 0 saturated heterocycles. The highest BCUT2D eigenvalue weighted by Gasteiger charge is 2.34. The molecule has 118 valence electrons. The first-order valence-electron chi connectivity index (χ1n) is 7.86. The van der Waals surface area contributed by atoms with Gasteiger partial charge in [0.2, 0.25) is 5.91 Å². The summed E-state index contributed by atoms with van der Waals surface area (Å²) in [6, 6.07) is 6.90. The van der Waals surface area contributed by atoms with Crippen LogP contribution in [-0.2, 0) is 27.3 Å². The molecule has 1 saturated carbocycles. The predicted molar refractivity (Wildman–Crippen MR) is 80.3 cm³/mol. The van der Waals surface area contributed by atoms with Crippen molar-refractivity contribution in [1.82, 2.24) is 4.90 Å². The van der Waals surface area contributed by atoms with Gasteiger partial charge in [0.25, 0.3) is 0 Å². The number of rotatable bonds is 4. The van der Waals surface area contributed by atoms with Gasteiger partial charge in [-0.2, -0.15) is 0 Å². The first-order chi connectivity index (χ1) is 10.6. The maximum atomic E-state index is 12.4. The fraction of sp³-hybridized carbons (Fsp3) is 0.529. The number of hydrogen-bond donors (Lipinski definition) is 1. The summed E-state index contributed by atoms with van der Waals surface area (Å²) in [7, 11) is 0. The van der Waals surface area contributed by atoms with Crippen LogP contribution in [0.2, 0.25) is 0 Å². The topological polar surface area (TPSA) is 66.8 Å². The van der Waals surface area contributed by atoms with Crippen LogP contribution < -0.4 is 0 Å². The van der Waals surface area contributed by atoms with Gasteiger partial charge < -0.3 is 14.7 Å². The molecule has 1 N–H and O–H groups in total. The number of amides is 1. The molecule has 0 radical (unpaired) electrons. The van der Waals surface area contributed by atoms with Gasteiger partial charge in [-0.3, -0.25) is 4.79 Å². The van der Waals surface area contributed by atoms with E-state index in [1.807, 2.05) is 24.3 Å². The maximum absolute atomic E-state index is 12.4. The number of fused-ring (bicyclic) bond motifs is 1. The minimum absolute atomic E-state index is 0.0172. The molecular weight excluding hydrogens is 282 g/mol. The molecule has 1 atom stereocenters. The Bertz CT molecular complexity index is 566. The van der Waals surface area contributed by atoms with Gasteiger partial charge in [0.1, 0.15) is 12.6 Å². The number of benzene rings is 1. The lowest BCUT2D eigenvalue weighted by Crippen LogP contribution is -2.50. The monoisotopic (exact) mass is 303 g/mol. The van der Waals surface area contributed by atoms with Crippen molar-refractivity contribution in [3.8, 4) is 0 Å². The van der Waals surface area contributed by atoms with Crippen LogP contribution in [0.5, 0.6) is 0 Å². The van der Waals surface area contributed by atoms with Crippen LogP contribution in [-0.4, -0.2) is 40.6 Å². The molecule has 1 fully saturated rings. The lowest BCUT2D eigenvalue weighted by atomic mass is 9.94. The molecule has 5 nitrogen and oxygen atoms in total. The molecule has 1 aromatic rings. The molecule has 1 amide bonds. The number of carboxylic acid groups (broad SMARTS) is 1. The standard InChI is InChI=1S/C17H21NO4/c19-16(11-22-14-7-3-4-8-14)18-10-13-6-2-1-5-12(13)9-15(18)17(20)21/h1-2,5-6,14-15H,3-4,7-11H2,(H,20,21). The van der Waals surface area contributed by atoms with Crippen molar-refractivity contribution in [3.63, 3.8) is 0 Å². The second-order valence-corrected chi connectivity index (χ2v) is 6.07. The van der Waals surface area contributed by atoms with Gasteiger partial charge in [-0.15, -0.1) is 0 Å². The summed E-state index contributed by atoms with van der Waals surface area (Å²) in [6.45, 7) is 0.330. The summed E-state index contributed by atoms with van der Waals surface area (Å²) in [4.78, 5) is 25.4. The summed E-state index contributed by atoms with van der Waals surface area (Å²) in [5.74, 6) is -1.18. The van der Waals surface area contributed by atoms with Gasteiger partial charge in [0, 0.05) is 13.0 Å². The van der Waals surface area contributed by atoms with E-state index in [0.717, 1.165) is 36.8 Å². The van der Waals surface area contributed by atoms with Crippen LogP contribution in [0.1, 0.15) is 36.8 Å². The fourth-order valence-corrected chi connectivity index (χ4v) is 3.33. The van der Waals surface area contributed by atoms with Crippen molar-refractivity contribution in [2.75, 3.05) is 6.61 Å². The first kappa shape index (κ1) is 15.0. The van der Waals surface area contributed by atoms with Gasteiger partial charge in [-0.05, 0) is 24.0 Å². The Labute approximate surface area is 129 Å². The van der Waals surface area contributed by atoms with Gasteiger partial charge in [-0.1, -0.05) is 37.1 Å². The molecule has 5 heteroatoms. The fourth-order valence-electron chi connectivity index (χ4n) is 3.33. The lowest BCUT2D eigenvalue weighted by molar-refractivity contribution is -0.154. The zero-order valence-electron chi connectivity index (χ0n) is 12.5. The minimum atomic E-state index is -0.955. The number of carboxylic acids is 1. The zero-order chi connectivity index (χ0) is 15.5. The molecule has 1 aliphatic carbocycles. The first-order valence-corrected chi connectivity index (χ1v) is 7.86. The van der Waals surface area contributed by atoms with E-state index in [0.29, 0.717) is 13.0 Å². The predicted octanol–water partition coefficient (Wildman–Crippen LogP) is 1.98. The Hall–Kier alpha value is -1.88. The second kappa shape index (κ2) is 6.48. The second-order valence-electron chi connectivity index (χ2n) is 6.07. The Morgan fingerprint density at radius 2 is 1.86 bits per heavy atom. The highest BCUT2D eigenvalue weighted by Crippen LogP contribution is 2.25. The number of nitrogens with zero attached hydrogens (tertiary/aromatic N) is 1. The summed E-state index contributed by atoms with van der Waals surface area (Å²) >= 11 is 0. The van der Waals surface area contributed by atoms with Crippen LogP contribution >= 0.6 is 0 Å². The van der Waals surface area contributed by atoms with Gasteiger partial charge in [-0.25, -0.2) is 4.79 Å². The number of ether oxygens (including phenoxy) is 1. The molecule has 0 aromatic heterocycles. The van der Waals surface area contributed by atoms with Crippen molar-refractivity contribution in [3.05, 3.63) is 35.4 Å². The zero-order valence-corrected chi connectivity index (χ0v) is 12.5. The van der Waals surface area contributed by atoms with Gasteiger partial charge in [0.15, 0.2) is 0 Å². The lowest BCUT2D eigenvalue weighted by Gasteiger charge is -2.34. The Balaban J connectivity index is 1.69. The maximum Gasteiger partial charge on any atom is 0.326 e. The van der Waals surface area contributed by atoms with Crippen molar-refractivity contribution < 1.29 is 19.4 Å². The molecule has 1 unspecified atom stereocenters. The summed E-state index contributed by atoms with van der Waals surface area (Å²) < 4.78 is 5.65. The third-order valence-electron chi connectivity index (χ3n) is 4.60. The molecule has 1 aromatic carbocycles. The molecule has 22 heavy (non-hydrogen) atoms. The van der Waals surface area contributed by atoms with Crippen molar-refractivity contribution in [1.29, 1.82) is 0 Å². The molecule has 1 aliphatic heterocycles. The Morgan fingerprint density at radius 3 is 2.55 bits per heavy atom. The smallest absolute Gasteiger partial charge is 0.326 e. The van der Waals surface area contributed by atoms with Gasteiger partial charge in [0.05, 0.1) is 6.10 Å². The average molecular weight is 303 g/mol. The third-order valence-corrected chi connectivity index (χ3v) is 4.60. The third kappa shape index (κ3) is 3.14. The van der Waals surface area contributed by atoms with E-state index in [4.69, 9.17) is 4.74 Å². The number of carbonyl (C=O) groups is 2. The van der Waals surface area contributed by atoms with E-state index < -0.39 is 12.0 Å². The quantitative estimate of drug-likeness (QED) is 0.923. The molecular formula is C17H21NO4. The molecule has 1 heterocycles. The molecule has 3 rings (SSSR count). The van der Waals surface area contributed by atoms with E-state index in [9.17, 15) is 14.7 Å². The normalized spacial score (nSPS) is 21.6. The van der Waals surface area contributed by atoms with Crippen molar-refractivity contribution in [2.24, 2.45) is 0 Å². The molecule has 0 bridgehead atoms. The molecule has 0 spiro atoms. The average Bonchev–Trinajstić information content (AvgIpc) is 3.04. The van der Waals surface area contributed by atoms with Crippen LogP contribution in [0.25, 0.3) is 0 Å². The Kier molecular flexibility index (Phi) is 4.43. The summed E-state index contributed by atoms with van der Waals surface area (Å²) in [5.41, 5.74) is 2.03. The van der Waals surface area contributed by atoms with Crippen LogP contribution in [0, 0.1) is 0 Å². The molecule has 2 aliphatic rings. The SMILES string of the molecule is O=C(O)C1Cc2ccccc2CN1C(=O)COC1CCCC1. The largest absolute Gasteiger partial charge is 0.480 e. The highest BCUT2D eigenvalue weighted by molar-refractivity contribution is 5.85. The summed E-state index contributed by atoms with van der Waals surface area (Å²) in [6.07, 6.45) is 4.81. The van der Waals surface area contributed by atoms with E-state index in [2.05, 4.69) is 0 Å². The highest BCUT2D eigenvalue weighted by atomic mass is 16.5.